The van der Waals surface area contributed by atoms with Crippen molar-refractivity contribution in [3.63, 3.8) is 0 Å². The van der Waals surface area contributed by atoms with Crippen molar-refractivity contribution >= 4 is 11.8 Å². The number of benzene rings is 1. The number of nitrogens with one attached hydrogen (secondary N) is 1. The molecule has 3 N–H and O–H groups in total. The number of amides is 2. The molecular weight excluding hydrogens is 337 g/mol. The Morgan fingerprint density at radius 1 is 1.19 bits per heavy atom. The second kappa shape index (κ2) is 10.9. The Balaban J connectivity index is 1.59. The number of piperidine rings is 1. The van der Waals surface area contributed by atoms with E-state index >= 15 is 0 Å². The van der Waals surface area contributed by atoms with E-state index in [-0.39, 0.29) is 23.7 Å². The number of nitrogens with two attached hydrogens (primary N) is 1. The van der Waals surface area contributed by atoms with Crippen molar-refractivity contribution in [2.45, 2.75) is 38.2 Å². The minimum absolute atomic E-state index is 0.112. The second-order valence-corrected chi connectivity index (χ2v) is 6.46. The van der Waals surface area contributed by atoms with Crippen molar-refractivity contribution < 1.29 is 18.7 Å². The zero-order valence-electron chi connectivity index (χ0n) is 15.1. The van der Waals surface area contributed by atoms with Crippen LogP contribution in [0.2, 0.25) is 0 Å². The molecule has 144 valence electrons. The highest BCUT2D eigenvalue weighted by Crippen LogP contribution is 2.15. The van der Waals surface area contributed by atoms with Crippen LogP contribution in [0.4, 0.5) is 4.39 Å². The molecule has 2 rings (SSSR count). The molecule has 1 aromatic rings. The van der Waals surface area contributed by atoms with E-state index in [0.717, 1.165) is 19.3 Å². The molecular formula is C19H28FN3O3. The summed E-state index contributed by atoms with van der Waals surface area (Å²) >= 11 is 0. The zero-order valence-corrected chi connectivity index (χ0v) is 15.1. The molecule has 26 heavy (non-hydrogen) atoms. The number of carbonyl (C=O) groups is 2. The van der Waals surface area contributed by atoms with Gasteiger partial charge in [0.1, 0.15) is 5.82 Å². The summed E-state index contributed by atoms with van der Waals surface area (Å²) in [7, 11) is 0. The van der Waals surface area contributed by atoms with Gasteiger partial charge in [0.05, 0.1) is 6.10 Å². The van der Waals surface area contributed by atoms with Crippen molar-refractivity contribution in [2.75, 3.05) is 32.8 Å². The fourth-order valence-electron chi connectivity index (χ4n) is 2.91. The van der Waals surface area contributed by atoms with Gasteiger partial charge in [0.2, 0.25) is 5.91 Å². The molecule has 1 saturated heterocycles. The van der Waals surface area contributed by atoms with E-state index < -0.39 is 0 Å². The number of carbonyl (C=O) groups excluding carboxylic acids is 2. The molecule has 6 nitrogen and oxygen atoms in total. The number of ether oxygens (including phenoxy) is 1. The van der Waals surface area contributed by atoms with Crippen LogP contribution in [0, 0.1) is 5.82 Å². The Kier molecular flexibility index (Phi) is 8.50. The number of halogens is 1. The van der Waals surface area contributed by atoms with Gasteiger partial charge in [0.25, 0.3) is 5.91 Å². The van der Waals surface area contributed by atoms with Gasteiger partial charge >= 0.3 is 0 Å². The maximum Gasteiger partial charge on any atom is 0.251 e. The van der Waals surface area contributed by atoms with E-state index in [1.807, 2.05) is 4.90 Å². The fourth-order valence-corrected chi connectivity index (χ4v) is 2.91. The lowest BCUT2D eigenvalue weighted by Crippen LogP contribution is -2.41. The molecule has 1 aromatic carbocycles. The molecule has 0 spiro atoms. The van der Waals surface area contributed by atoms with Gasteiger partial charge in [-0.15, -0.1) is 0 Å². The quantitative estimate of drug-likeness (QED) is 0.652. The average molecular weight is 365 g/mol. The zero-order chi connectivity index (χ0) is 18.8. The predicted molar refractivity (Wildman–Crippen MR) is 97.2 cm³/mol. The van der Waals surface area contributed by atoms with Crippen LogP contribution in [0.5, 0.6) is 0 Å². The Bertz CT molecular complexity index is 572. The van der Waals surface area contributed by atoms with Gasteiger partial charge in [-0.05, 0) is 56.5 Å². The van der Waals surface area contributed by atoms with Crippen LogP contribution >= 0.6 is 0 Å². The van der Waals surface area contributed by atoms with Crippen molar-refractivity contribution in [2.24, 2.45) is 5.73 Å². The van der Waals surface area contributed by atoms with Crippen LogP contribution in [0.15, 0.2) is 24.3 Å². The lowest BCUT2D eigenvalue weighted by atomic mass is 10.1. The first-order valence-electron chi connectivity index (χ1n) is 9.23. The highest BCUT2D eigenvalue weighted by Gasteiger charge is 2.22. The SMILES string of the molecule is NCCCOC1CCN(C(=O)CCCNC(=O)c2ccc(F)cc2)CC1. The topological polar surface area (TPSA) is 84.7 Å². The largest absolute Gasteiger partial charge is 0.378 e. The van der Waals surface area contributed by atoms with Crippen LogP contribution in [-0.4, -0.2) is 55.6 Å². The summed E-state index contributed by atoms with van der Waals surface area (Å²) in [5.74, 6) is -0.518. The Labute approximate surface area is 153 Å². The predicted octanol–water partition coefficient (Wildman–Crippen LogP) is 1.69. The first kappa shape index (κ1) is 20.3. The number of rotatable bonds is 9. The van der Waals surface area contributed by atoms with Gasteiger partial charge in [-0.3, -0.25) is 9.59 Å². The van der Waals surface area contributed by atoms with Crippen LogP contribution < -0.4 is 11.1 Å². The van der Waals surface area contributed by atoms with E-state index in [1.165, 1.54) is 24.3 Å². The minimum Gasteiger partial charge on any atom is -0.378 e. The molecule has 0 atom stereocenters. The molecule has 1 aliphatic heterocycles. The number of hydrogen-bond acceptors (Lipinski definition) is 4. The van der Waals surface area contributed by atoms with Gasteiger partial charge in [-0.2, -0.15) is 0 Å². The van der Waals surface area contributed by atoms with Crippen molar-refractivity contribution in [1.82, 2.24) is 10.2 Å². The minimum atomic E-state index is -0.374. The Hall–Kier alpha value is -1.99. The molecule has 0 aromatic heterocycles. The molecule has 0 radical (unpaired) electrons. The molecule has 2 amide bonds. The lowest BCUT2D eigenvalue weighted by Gasteiger charge is -2.32. The van der Waals surface area contributed by atoms with Gasteiger partial charge in [-0.25, -0.2) is 4.39 Å². The molecule has 0 saturated carbocycles. The number of nitrogens with zero attached hydrogens (tertiary/aromatic N) is 1. The third-order valence-corrected chi connectivity index (χ3v) is 4.46. The van der Waals surface area contributed by atoms with E-state index in [9.17, 15) is 14.0 Å². The third-order valence-electron chi connectivity index (χ3n) is 4.46. The fraction of sp³-hybridized carbons (Fsp3) is 0.579. The number of hydrogen-bond donors (Lipinski definition) is 2. The maximum atomic E-state index is 12.8. The second-order valence-electron chi connectivity index (χ2n) is 6.46. The average Bonchev–Trinajstić information content (AvgIpc) is 2.66. The molecule has 0 bridgehead atoms. The van der Waals surface area contributed by atoms with Crippen molar-refractivity contribution in [3.8, 4) is 0 Å². The van der Waals surface area contributed by atoms with Gasteiger partial charge < -0.3 is 20.7 Å². The normalized spacial score (nSPS) is 15.1. The van der Waals surface area contributed by atoms with Crippen LogP contribution in [-0.2, 0) is 9.53 Å². The first-order valence-corrected chi connectivity index (χ1v) is 9.23. The molecule has 0 unspecified atom stereocenters. The van der Waals surface area contributed by atoms with E-state index in [0.29, 0.717) is 51.2 Å². The van der Waals surface area contributed by atoms with E-state index in [4.69, 9.17) is 10.5 Å². The molecule has 1 heterocycles. The summed E-state index contributed by atoms with van der Waals surface area (Å²) in [5, 5.41) is 2.75. The standard InChI is InChI=1S/C19H28FN3O3/c20-16-6-4-15(5-7-16)19(25)22-11-1-3-18(24)23-12-8-17(9-13-23)26-14-2-10-21/h4-7,17H,1-3,8-14,21H2,(H,22,25). The Morgan fingerprint density at radius 2 is 1.88 bits per heavy atom. The summed E-state index contributed by atoms with van der Waals surface area (Å²) < 4.78 is 18.6. The Morgan fingerprint density at radius 3 is 2.54 bits per heavy atom. The lowest BCUT2D eigenvalue weighted by molar-refractivity contribution is -0.133. The summed E-state index contributed by atoms with van der Waals surface area (Å²) in [6, 6.07) is 5.38. The van der Waals surface area contributed by atoms with Gasteiger partial charge in [0.15, 0.2) is 0 Å². The maximum absolute atomic E-state index is 12.8. The summed E-state index contributed by atoms with van der Waals surface area (Å²) in [6.45, 7) is 3.17. The summed E-state index contributed by atoms with van der Waals surface area (Å²) in [5.41, 5.74) is 5.86. The smallest absolute Gasteiger partial charge is 0.251 e. The van der Waals surface area contributed by atoms with Crippen LogP contribution in [0.3, 0.4) is 0 Å². The first-order chi connectivity index (χ1) is 12.6. The molecule has 7 heteroatoms. The van der Waals surface area contributed by atoms with Crippen LogP contribution in [0.1, 0.15) is 42.5 Å². The molecule has 1 aliphatic rings. The van der Waals surface area contributed by atoms with Crippen molar-refractivity contribution in [3.05, 3.63) is 35.6 Å². The monoisotopic (exact) mass is 365 g/mol. The third kappa shape index (κ3) is 6.72. The van der Waals surface area contributed by atoms with Crippen molar-refractivity contribution in [1.29, 1.82) is 0 Å². The van der Waals surface area contributed by atoms with Crippen LogP contribution in [0.25, 0.3) is 0 Å². The highest BCUT2D eigenvalue weighted by molar-refractivity contribution is 5.94. The molecule has 0 aliphatic carbocycles. The summed E-state index contributed by atoms with van der Waals surface area (Å²) in [4.78, 5) is 26.0. The number of likely N-dealkylation sites (tertiary alicyclic amines) is 1. The van der Waals surface area contributed by atoms with E-state index in [2.05, 4.69) is 5.32 Å². The summed E-state index contributed by atoms with van der Waals surface area (Å²) in [6.07, 6.45) is 3.79. The van der Waals surface area contributed by atoms with E-state index in [1.54, 1.807) is 0 Å². The van der Waals surface area contributed by atoms with Gasteiger partial charge in [0, 0.05) is 38.2 Å². The highest BCUT2D eigenvalue weighted by atomic mass is 19.1. The van der Waals surface area contributed by atoms with Gasteiger partial charge in [-0.1, -0.05) is 0 Å². The molecule has 1 fully saturated rings.